The van der Waals surface area contributed by atoms with Gasteiger partial charge in [0.1, 0.15) is 0 Å². The molecule has 0 aromatic rings. The Kier molecular flexibility index (Phi) is 6.11. The average molecular weight is 244 g/mol. The Bertz CT molecular complexity index is 229. The predicted octanol–water partition coefficient (Wildman–Crippen LogP) is 5.28. The van der Waals surface area contributed by atoms with E-state index in [1.165, 1.54) is 51.4 Å². The molecule has 0 radical (unpaired) electrons. The molecule has 0 aliphatic heterocycles. The minimum Gasteiger partial charge on any atom is -0.323 e. The van der Waals surface area contributed by atoms with Crippen LogP contribution in [0.2, 0.25) is 0 Å². The first kappa shape index (κ1) is 14.3. The second kappa shape index (κ2) is 6.84. The van der Waals surface area contributed by atoms with Gasteiger partial charge in [0.2, 0.25) is 0 Å². The van der Waals surface area contributed by atoms with Crippen molar-refractivity contribution in [2.24, 2.45) is 0 Å². The molecular weight excluding hydrogens is 215 g/mol. The first-order chi connectivity index (χ1) is 7.61. The summed E-state index contributed by atoms with van der Waals surface area (Å²) in [5.74, 6) is 0. The summed E-state index contributed by atoms with van der Waals surface area (Å²) >= 11 is 0. The normalized spacial score (nSPS) is 21.5. The fourth-order valence-electron chi connectivity index (χ4n) is 2.99. The second-order valence-electron chi connectivity index (χ2n) is 5.67. The molecule has 0 heterocycles. The van der Waals surface area contributed by atoms with Gasteiger partial charge in [0.05, 0.1) is 7.14 Å². The minimum absolute atomic E-state index is 0.414. The number of hydrogen-bond donors (Lipinski definition) is 0. The summed E-state index contributed by atoms with van der Waals surface area (Å²) in [6.07, 6.45) is 11.2. The molecular formula is C14H29OP. The molecule has 0 N–H and O–H groups in total. The summed E-state index contributed by atoms with van der Waals surface area (Å²) in [7, 11) is -1.88. The molecule has 16 heavy (non-hydrogen) atoms. The Labute approximate surface area is 102 Å². The molecule has 1 fully saturated rings. The topological polar surface area (TPSA) is 17.1 Å². The van der Waals surface area contributed by atoms with Crippen molar-refractivity contribution >= 4 is 7.14 Å². The van der Waals surface area contributed by atoms with Gasteiger partial charge in [-0.15, -0.1) is 0 Å². The van der Waals surface area contributed by atoms with E-state index in [-0.39, 0.29) is 0 Å². The van der Waals surface area contributed by atoms with Crippen LogP contribution in [0.5, 0.6) is 0 Å². The van der Waals surface area contributed by atoms with Crippen LogP contribution in [0.25, 0.3) is 0 Å². The van der Waals surface area contributed by atoms with E-state index >= 15 is 0 Å². The first-order valence-electron chi connectivity index (χ1n) is 7.19. The highest BCUT2D eigenvalue weighted by Gasteiger charge is 2.36. The highest BCUT2D eigenvalue weighted by atomic mass is 31.2. The molecule has 0 spiro atoms. The van der Waals surface area contributed by atoms with E-state index in [1.54, 1.807) is 0 Å². The van der Waals surface area contributed by atoms with E-state index in [0.29, 0.717) is 11.3 Å². The van der Waals surface area contributed by atoms with Crippen molar-refractivity contribution in [3.63, 3.8) is 0 Å². The SMILES string of the molecule is CCCCCCP(=O)(C(C)C)C1CCCC1. The highest BCUT2D eigenvalue weighted by Crippen LogP contribution is 2.60. The van der Waals surface area contributed by atoms with Gasteiger partial charge in [0, 0.05) is 17.5 Å². The van der Waals surface area contributed by atoms with Gasteiger partial charge in [-0.1, -0.05) is 52.9 Å². The monoisotopic (exact) mass is 244 g/mol. The zero-order valence-electron chi connectivity index (χ0n) is 11.4. The van der Waals surface area contributed by atoms with Gasteiger partial charge in [-0.05, 0) is 19.3 Å². The fraction of sp³-hybridized carbons (Fsp3) is 1.00. The third-order valence-corrected chi connectivity index (χ3v) is 8.69. The summed E-state index contributed by atoms with van der Waals surface area (Å²) in [6.45, 7) is 6.59. The molecule has 1 rings (SSSR count). The molecule has 0 aromatic heterocycles. The Morgan fingerprint density at radius 3 is 2.25 bits per heavy atom. The van der Waals surface area contributed by atoms with E-state index in [9.17, 15) is 4.57 Å². The van der Waals surface area contributed by atoms with Gasteiger partial charge in [0.25, 0.3) is 0 Å². The van der Waals surface area contributed by atoms with Gasteiger partial charge < -0.3 is 4.57 Å². The summed E-state index contributed by atoms with van der Waals surface area (Å²) in [4.78, 5) is 0. The van der Waals surface area contributed by atoms with Gasteiger partial charge in [-0.25, -0.2) is 0 Å². The van der Waals surface area contributed by atoms with Crippen LogP contribution in [-0.4, -0.2) is 17.5 Å². The molecule has 1 atom stereocenters. The molecule has 1 nitrogen and oxygen atoms in total. The Balaban J connectivity index is 2.48. The molecule has 1 saturated carbocycles. The van der Waals surface area contributed by atoms with Crippen LogP contribution in [0, 0.1) is 0 Å². The second-order valence-corrected chi connectivity index (χ2v) is 9.59. The van der Waals surface area contributed by atoms with Crippen LogP contribution in [0.15, 0.2) is 0 Å². The maximum absolute atomic E-state index is 13.1. The zero-order valence-corrected chi connectivity index (χ0v) is 12.3. The summed E-state index contributed by atoms with van der Waals surface area (Å²) < 4.78 is 13.1. The highest BCUT2D eigenvalue weighted by molar-refractivity contribution is 7.65. The Morgan fingerprint density at radius 2 is 1.75 bits per heavy atom. The maximum Gasteiger partial charge on any atom is 0.0930 e. The largest absolute Gasteiger partial charge is 0.323 e. The average Bonchev–Trinajstić information content (AvgIpc) is 2.77. The number of rotatable bonds is 7. The van der Waals surface area contributed by atoms with E-state index in [0.717, 1.165) is 6.16 Å². The third kappa shape index (κ3) is 3.62. The lowest BCUT2D eigenvalue weighted by Crippen LogP contribution is -2.14. The molecule has 0 saturated heterocycles. The number of unbranched alkanes of at least 4 members (excludes halogenated alkanes) is 3. The van der Waals surface area contributed by atoms with Crippen LogP contribution in [0.1, 0.15) is 72.1 Å². The van der Waals surface area contributed by atoms with Crippen molar-refractivity contribution in [2.75, 3.05) is 6.16 Å². The fourth-order valence-corrected chi connectivity index (χ4v) is 6.67. The van der Waals surface area contributed by atoms with E-state index in [4.69, 9.17) is 0 Å². The van der Waals surface area contributed by atoms with Crippen molar-refractivity contribution < 1.29 is 4.57 Å². The number of hydrogen-bond acceptors (Lipinski definition) is 1. The summed E-state index contributed by atoms with van der Waals surface area (Å²) in [5.41, 5.74) is 0.992. The van der Waals surface area contributed by atoms with Gasteiger partial charge in [0.15, 0.2) is 0 Å². The van der Waals surface area contributed by atoms with E-state index < -0.39 is 7.14 Å². The predicted molar refractivity (Wildman–Crippen MR) is 74.0 cm³/mol. The molecule has 0 amide bonds. The summed E-state index contributed by atoms with van der Waals surface area (Å²) in [6, 6.07) is 0. The van der Waals surface area contributed by atoms with Crippen molar-refractivity contribution in [1.82, 2.24) is 0 Å². The van der Waals surface area contributed by atoms with Crippen molar-refractivity contribution in [3.05, 3.63) is 0 Å². The van der Waals surface area contributed by atoms with Crippen LogP contribution in [0.3, 0.4) is 0 Å². The standard InChI is InChI=1S/C14H29OP/c1-4-5-6-9-12-16(15,13(2)3)14-10-7-8-11-14/h13-14H,4-12H2,1-3H3. The van der Waals surface area contributed by atoms with Gasteiger partial charge in [-0.3, -0.25) is 0 Å². The van der Waals surface area contributed by atoms with Crippen LogP contribution < -0.4 is 0 Å². The zero-order chi connectivity index (χ0) is 12.0. The van der Waals surface area contributed by atoms with Crippen LogP contribution in [0.4, 0.5) is 0 Å². The van der Waals surface area contributed by atoms with E-state index in [2.05, 4.69) is 20.8 Å². The molecule has 96 valence electrons. The first-order valence-corrected chi connectivity index (χ1v) is 9.22. The smallest absolute Gasteiger partial charge is 0.0930 e. The van der Waals surface area contributed by atoms with E-state index in [1.807, 2.05) is 0 Å². The summed E-state index contributed by atoms with van der Waals surface area (Å²) in [5, 5.41) is 0. The molecule has 1 aliphatic carbocycles. The van der Waals surface area contributed by atoms with Crippen LogP contribution in [-0.2, 0) is 4.57 Å². The Morgan fingerprint density at radius 1 is 1.12 bits per heavy atom. The van der Waals surface area contributed by atoms with Crippen molar-refractivity contribution in [1.29, 1.82) is 0 Å². The molecule has 2 heteroatoms. The van der Waals surface area contributed by atoms with Gasteiger partial charge >= 0.3 is 0 Å². The maximum atomic E-state index is 13.1. The molecule has 1 unspecified atom stereocenters. The lowest BCUT2D eigenvalue weighted by molar-refractivity contribution is 0.550. The molecule has 0 aromatic carbocycles. The lowest BCUT2D eigenvalue weighted by Gasteiger charge is -2.28. The van der Waals surface area contributed by atoms with Crippen molar-refractivity contribution in [3.8, 4) is 0 Å². The quantitative estimate of drug-likeness (QED) is 0.440. The molecule has 0 bridgehead atoms. The van der Waals surface area contributed by atoms with Crippen LogP contribution >= 0.6 is 7.14 Å². The molecule has 1 aliphatic rings. The third-order valence-electron chi connectivity index (χ3n) is 4.18. The van der Waals surface area contributed by atoms with Gasteiger partial charge in [-0.2, -0.15) is 0 Å². The lowest BCUT2D eigenvalue weighted by atomic mass is 10.2. The Hall–Kier alpha value is 0.230. The minimum atomic E-state index is -1.88. The van der Waals surface area contributed by atoms with Crippen molar-refractivity contribution in [2.45, 2.75) is 83.5 Å².